The Bertz CT molecular complexity index is 499. The zero-order valence-electron chi connectivity index (χ0n) is 8.61. The van der Waals surface area contributed by atoms with Gasteiger partial charge in [0.1, 0.15) is 0 Å². The summed E-state index contributed by atoms with van der Waals surface area (Å²) < 4.78 is 22.9. The Kier molecular flexibility index (Phi) is 2.82. The number of nitrogens with zero attached hydrogens (tertiary/aromatic N) is 2. The van der Waals surface area contributed by atoms with Crippen LogP contribution >= 0.6 is 0 Å². The van der Waals surface area contributed by atoms with Crippen molar-refractivity contribution in [1.29, 1.82) is 0 Å². The third kappa shape index (κ3) is 1.87. The quantitative estimate of drug-likeness (QED) is 0.849. The molecule has 2 N–H and O–H groups in total. The second kappa shape index (κ2) is 4.28. The topological polar surface area (TPSA) is 74.2 Å². The molecule has 0 amide bonds. The Labute approximate surface area is 91.0 Å². The predicted molar refractivity (Wildman–Crippen MR) is 54.1 cm³/mol. The highest BCUT2D eigenvalue weighted by Gasteiger charge is 2.10. The molecule has 0 aliphatic heterocycles. The first-order valence-corrected chi connectivity index (χ1v) is 4.61. The minimum Gasteiger partial charge on any atom is -0.494 e. The number of benzene rings is 1. The van der Waals surface area contributed by atoms with E-state index in [-0.39, 0.29) is 12.3 Å². The zero-order chi connectivity index (χ0) is 11.5. The summed E-state index contributed by atoms with van der Waals surface area (Å²) in [7, 11) is 1.39. The molecule has 0 aliphatic carbocycles. The van der Waals surface area contributed by atoms with Crippen molar-refractivity contribution in [2.75, 3.05) is 7.11 Å². The fourth-order valence-electron chi connectivity index (χ4n) is 1.25. The van der Waals surface area contributed by atoms with Gasteiger partial charge in [-0.3, -0.25) is 0 Å². The van der Waals surface area contributed by atoms with Crippen molar-refractivity contribution in [3.05, 3.63) is 29.9 Å². The summed E-state index contributed by atoms with van der Waals surface area (Å²) in [5.74, 6) is 0.391. The van der Waals surface area contributed by atoms with E-state index in [4.69, 9.17) is 15.0 Å². The van der Waals surface area contributed by atoms with Crippen molar-refractivity contribution in [1.82, 2.24) is 10.1 Å². The highest BCUT2D eigenvalue weighted by Crippen LogP contribution is 2.24. The Morgan fingerprint density at radius 1 is 1.50 bits per heavy atom. The molecule has 0 saturated heterocycles. The first-order valence-electron chi connectivity index (χ1n) is 4.61. The number of ether oxygens (including phenoxy) is 1. The molecule has 0 bridgehead atoms. The standard InChI is InChI=1S/C10H10FN3O2/c1-15-8-4-6(2-3-7(8)11)10-13-9(5-12)16-14-10/h2-4H,5,12H2,1H3. The van der Waals surface area contributed by atoms with Gasteiger partial charge in [0.05, 0.1) is 13.7 Å². The minimum absolute atomic E-state index is 0.136. The van der Waals surface area contributed by atoms with Gasteiger partial charge in [-0.25, -0.2) is 4.39 Å². The Morgan fingerprint density at radius 3 is 2.94 bits per heavy atom. The highest BCUT2D eigenvalue weighted by molar-refractivity contribution is 5.57. The molecule has 0 atom stereocenters. The molecule has 2 rings (SSSR count). The highest BCUT2D eigenvalue weighted by atomic mass is 19.1. The predicted octanol–water partition coefficient (Wildman–Crippen LogP) is 1.34. The number of hydrogen-bond acceptors (Lipinski definition) is 5. The van der Waals surface area contributed by atoms with Gasteiger partial charge in [0.25, 0.3) is 0 Å². The number of hydrogen-bond donors (Lipinski definition) is 1. The maximum absolute atomic E-state index is 13.1. The second-order valence-electron chi connectivity index (χ2n) is 3.07. The summed E-state index contributed by atoms with van der Waals surface area (Å²) in [6.07, 6.45) is 0. The SMILES string of the molecule is COc1cc(-c2noc(CN)n2)ccc1F. The van der Waals surface area contributed by atoms with E-state index in [0.29, 0.717) is 17.3 Å². The lowest BCUT2D eigenvalue weighted by atomic mass is 10.2. The fourth-order valence-corrected chi connectivity index (χ4v) is 1.25. The molecule has 1 heterocycles. The Balaban J connectivity index is 2.40. The molecular formula is C10H10FN3O2. The van der Waals surface area contributed by atoms with E-state index >= 15 is 0 Å². The maximum Gasteiger partial charge on any atom is 0.240 e. The van der Waals surface area contributed by atoms with Crippen LogP contribution in [0.3, 0.4) is 0 Å². The molecule has 16 heavy (non-hydrogen) atoms. The average molecular weight is 223 g/mol. The van der Waals surface area contributed by atoms with Gasteiger partial charge in [0.2, 0.25) is 11.7 Å². The van der Waals surface area contributed by atoms with Crippen molar-refractivity contribution in [3.63, 3.8) is 0 Å². The average Bonchev–Trinajstić information content (AvgIpc) is 2.78. The monoisotopic (exact) mass is 223 g/mol. The second-order valence-corrected chi connectivity index (χ2v) is 3.07. The van der Waals surface area contributed by atoms with Crippen molar-refractivity contribution in [3.8, 4) is 17.1 Å². The van der Waals surface area contributed by atoms with Crippen LogP contribution in [0, 0.1) is 5.82 Å². The van der Waals surface area contributed by atoms with E-state index in [9.17, 15) is 4.39 Å². The van der Waals surface area contributed by atoms with E-state index in [1.807, 2.05) is 0 Å². The molecule has 84 valence electrons. The molecule has 0 unspecified atom stereocenters. The van der Waals surface area contributed by atoms with Crippen LogP contribution in [-0.2, 0) is 6.54 Å². The number of nitrogens with two attached hydrogens (primary N) is 1. The van der Waals surface area contributed by atoms with Crippen LogP contribution in [-0.4, -0.2) is 17.3 Å². The summed E-state index contributed by atoms with van der Waals surface area (Å²) in [6.45, 7) is 0.172. The molecule has 1 aromatic heterocycles. The van der Waals surface area contributed by atoms with Gasteiger partial charge in [-0.15, -0.1) is 0 Å². The molecular weight excluding hydrogens is 213 g/mol. The molecule has 2 aromatic rings. The van der Waals surface area contributed by atoms with Gasteiger partial charge in [-0.2, -0.15) is 4.98 Å². The number of rotatable bonds is 3. The van der Waals surface area contributed by atoms with Crippen LogP contribution in [0.5, 0.6) is 5.75 Å². The Hall–Kier alpha value is -1.95. The van der Waals surface area contributed by atoms with Crippen LogP contribution in [0.2, 0.25) is 0 Å². The molecule has 0 radical (unpaired) electrons. The largest absolute Gasteiger partial charge is 0.494 e. The van der Waals surface area contributed by atoms with Crippen molar-refractivity contribution >= 4 is 0 Å². The van der Waals surface area contributed by atoms with Crippen LogP contribution in [0.15, 0.2) is 22.7 Å². The summed E-state index contributed by atoms with van der Waals surface area (Å²) in [5, 5.41) is 3.72. The third-order valence-corrected chi connectivity index (χ3v) is 2.05. The van der Waals surface area contributed by atoms with E-state index in [1.54, 1.807) is 6.07 Å². The first kappa shape index (κ1) is 10.6. The normalized spacial score (nSPS) is 10.4. The molecule has 6 heteroatoms. The number of methoxy groups -OCH3 is 1. The van der Waals surface area contributed by atoms with Gasteiger partial charge in [-0.1, -0.05) is 5.16 Å². The summed E-state index contributed by atoms with van der Waals surface area (Å²) >= 11 is 0. The maximum atomic E-state index is 13.1. The lowest BCUT2D eigenvalue weighted by Crippen LogP contribution is -1.95. The van der Waals surface area contributed by atoms with Gasteiger partial charge >= 0.3 is 0 Å². The molecule has 0 fully saturated rings. The smallest absolute Gasteiger partial charge is 0.240 e. The molecule has 1 aromatic carbocycles. The van der Waals surface area contributed by atoms with Crippen molar-refractivity contribution < 1.29 is 13.7 Å². The van der Waals surface area contributed by atoms with Crippen LogP contribution in [0.1, 0.15) is 5.89 Å². The van der Waals surface area contributed by atoms with Gasteiger partial charge < -0.3 is 15.0 Å². The summed E-state index contributed by atoms with van der Waals surface area (Å²) in [4.78, 5) is 4.02. The third-order valence-electron chi connectivity index (χ3n) is 2.05. The van der Waals surface area contributed by atoms with E-state index in [1.165, 1.54) is 19.2 Å². The summed E-state index contributed by atoms with van der Waals surface area (Å²) in [5.41, 5.74) is 5.95. The summed E-state index contributed by atoms with van der Waals surface area (Å²) in [6, 6.07) is 4.33. The fraction of sp³-hybridized carbons (Fsp3) is 0.200. The van der Waals surface area contributed by atoms with Crippen LogP contribution in [0.4, 0.5) is 4.39 Å². The van der Waals surface area contributed by atoms with Gasteiger partial charge in [0.15, 0.2) is 11.6 Å². The van der Waals surface area contributed by atoms with Crippen molar-refractivity contribution in [2.24, 2.45) is 5.73 Å². The Morgan fingerprint density at radius 2 is 2.31 bits per heavy atom. The molecule has 0 aliphatic rings. The lowest BCUT2D eigenvalue weighted by Gasteiger charge is -2.02. The van der Waals surface area contributed by atoms with Crippen molar-refractivity contribution in [2.45, 2.75) is 6.54 Å². The number of halogens is 1. The zero-order valence-corrected chi connectivity index (χ0v) is 8.61. The van der Waals surface area contributed by atoms with Crippen LogP contribution in [0.25, 0.3) is 11.4 Å². The first-order chi connectivity index (χ1) is 7.74. The number of aromatic nitrogens is 2. The van der Waals surface area contributed by atoms with E-state index in [2.05, 4.69) is 10.1 Å². The van der Waals surface area contributed by atoms with Crippen LogP contribution < -0.4 is 10.5 Å². The van der Waals surface area contributed by atoms with E-state index < -0.39 is 5.82 Å². The molecule has 5 nitrogen and oxygen atoms in total. The van der Waals surface area contributed by atoms with E-state index in [0.717, 1.165) is 0 Å². The lowest BCUT2D eigenvalue weighted by molar-refractivity contribution is 0.380. The molecule has 0 spiro atoms. The van der Waals surface area contributed by atoms with Gasteiger partial charge in [-0.05, 0) is 18.2 Å². The minimum atomic E-state index is -0.436. The molecule has 0 saturated carbocycles. The van der Waals surface area contributed by atoms with Gasteiger partial charge in [0, 0.05) is 5.56 Å².